The molecule has 134 valence electrons. The molecule has 1 aromatic heterocycles. The van der Waals surface area contributed by atoms with Crippen molar-refractivity contribution < 1.29 is 0 Å². The number of aromatic nitrogens is 2. The molecule has 1 aromatic carbocycles. The van der Waals surface area contributed by atoms with Crippen molar-refractivity contribution in [2.24, 2.45) is 0 Å². The summed E-state index contributed by atoms with van der Waals surface area (Å²) in [4.78, 5) is 2.57. The number of anilines is 1. The molecule has 0 bridgehead atoms. The number of likely N-dealkylation sites (tertiary alicyclic amines) is 1. The van der Waals surface area contributed by atoms with Crippen molar-refractivity contribution in [1.29, 1.82) is 0 Å². The summed E-state index contributed by atoms with van der Waals surface area (Å²) in [5.74, 6) is 1.20. The Hall–Kier alpha value is -1.85. The van der Waals surface area contributed by atoms with Crippen LogP contribution in [0.25, 0.3) is 0 Å². The van der Waals surface area contributed by atoms with Crippen molar-refractivity contribution in [3.8, 4) is 0 Å². The summed E-state index contributed by atoms with van der Waals surface area (Å²) in [6.07, 6.45) is 6.68. The second-order valence-electron chi connectivity index (χ2n) is 7.32. The predicted octanol–water partition coefficient (Wildman–Crippen LogP) is 2.88. The third-order valence-corrected chi connectivity index (χ3v) is 5.51. The molecule has 0 radical (unpaired) electrons. The number of rotatable bonds is 5. The van der Waals surface area contributed by atoms with E-state index >= 15 is 0 Å². The minimum Gasteiger partial charge on any atom is -0.367 e. The third kappa shape index (κ3) is 4.22. The Morgan fingerprint density at radius 1 is 1.00 bits per heavy atom. The van der Waals surface area contributed by atoms with E-state index in [9.17, 15) is 0 Å². The largest absolute Gasteiger partial charge is 0.367 e. The summed E-state index contributed by atoms with van der Waals surface area (Å²) >= 11 is 0. The van der Waals surface area contributed by atoms with Gasteiger partial charge in [-0.3, -0.25) is 4.90 Å². The van der Waals surface area contributed by atoms with E-state index < -0.39 is 0 Å². The summed E-state index contributed by atoms with van der Waals surface area (Å²) in [7, 11) is 0. The van der Waals surface area contributed by atoms with Crippen LogP contribution in [0.4, 0.5) is 5.82 Å². The molecule has 3 heterocycles. The normalized spacial score (nSPS) is 20.6. The number of nitrogens with one attached hydrogen (secondary N) is 2. The maximum Gasteiger partial charge on any atom is 0.124 e. The lowest BCUT2D eigenvalue weighted by atomic mass is 10.0. The Labute approximate surface area is 150 Å². The first-order chi connectivity index (χ1) is 12.4. The summed E-state index contributed by atoms with van der Waals surface area (Å²) in [6.45, 7) is 5.59. The van der Waals surface area contributed by atoms with Gasteiger partial charge in [0, 0.05) is 31.7 Å². The van der Waals surface area contributed by atoms with Gasteiger partial charge in [0.1, 0.15) is 5.82 Å². The van der Waals surface area contributed by atoms with Crippen LogP contribution in [-0.4, -0.2) is 46.9 Å². The Morgan fingerprint density at radius 3 is 2.52 bits per heavy atom. The highest BCUT2D eigenvalue weighted by molar-refractivity contribution is 5.36. The van der Waals surface area contributed by atoms with Crippen LogP contribution < -0.4 is 10.6 Å². The Balaban J connectivity index is 1.30. The molecule has 0 unspecified atom stereocenters. The Kier molecular flexibility index (Phi) is 5.33. The van der Waals surface area contributed by atoms with Gasteiger partial charge in [-0.2, -0.15) is 5.10 Å². The molecule has 2 aliphatic heterocycles. The average molecular weight is 339 g/mol. The molecule has 2 fully saturated rings. The molecule has 0 atom stereocenters. The number of benzene rings is 1. The lowest BCUT2D eigenvalue weighted by Gasteiger charge is -2.33. The minimum atomic E-state index is 0.539. The predicted molar refractivity (Wildman–Crippen MR) is 102 cm³/mol. The monoisotopic (exact) mass is 339 g/mol. The van der Waals surface area contributed by atoms with Gasteiger partial charge in [0.25, 0.3) is 0 Å². The lowest BCUT2D eigenvalue weighted by molar-refractivity contribution is 0.210. The molecular weight excluding hydrogens is 310 g/mol. The molecule has 25 heavy (non-hydrogen) atoms. The van der Waals surface area contributed by atoms with Crippen molar-refractivity contribution in [2.45, 2.75) is 44.3 Å². The lowest BCUT2D eigenvalue weighted by Crippen LogP contribution is -2.39. The van der Waals surface area contributed by atoms with Gasteiger partial charge in [-0.15, -0.1) is 0 Å². The summed E-state index contributed by atoms with van der Waals surface area (Å²) in [5.41, 5.74) is 1.41. The highest BCUT2D eigenvalue weighted by atomic mass is 15.3. The van der Waals surface area contributed by atoms with Gasteiger partial charge < -0.3 is 10.6 Å². The van der Waals surface area contributed by atoms with Gasteiger partial charge in [-0.25, -0.2) is 4.68 Å². The van der Waals surface area contributed by atoms with Crippen LogP contribution in [0.3, 0.4) is 0 Å². The zero-order valence-electron chi connectivity index (χ0n) is 14.9. The summed E-state index contributed by atoms with van der Waals surface area (Å²) in [6, 6.07) is 14.0. The van der Waals surface area contributed by atoms with Gasteiger partial charge in [-0.05, 0) is 44.3 Å². The van der Waals surface area contributed by atoms with Crippen molar-refractivity contribution in [2.75, 3.05) is 31.5 Å². The van der Waals surface area contributed by atoms with Crippen molar-refractivity contribution in [1.82, 2.24) is 20.0 Å². The SMILES string of the molecule is c1ccc(CN2CCC(Nc3ccnn3C3CCNCC3)CC2)cc1. The van der Waals surface area contributed by atoms with Crippen LogP contribution in [0.5, 0.6) is 0 Å². The van der Waals surface area contributed by atoms with Crippen molar-refractivity contribution in [3.63, 3.8) is 0 Å². The highest BCUT2D eigenvalue weighted by Gasteiger charge is 2.22. The molecule has 5 heteroatoms. The first-order valence-electron chi connectivity index (χ1n) is 9.65. The molecular formula is C20H29N5. The van der Waals surface area contributed by atoms with Gasteiger partial charge in [0.2, 0.25) is 0 Å². The maximum atomic E-state index is 4.59. The zero-order valence-corrected chi connectivity index (χ0v) is 14.9. The Bertz CT molecular complexity index is 639. The van der Waals surface area contributed by atoms with E-state index in [1.54, 1.807) is 0 Å². The molecule has 2 aliphatic rings. The van der Waals surface area contributed by atoms with E-state index in [1.807, 2.05) is 6.20 Å². The summed E-state index contributed by atoms with van der Waals surface area (Å²) in [5, 5.41) is 11.8. The van der Waals surface area contributed by atoms with E-state index in [0.717, 1.165) is 32.7 Å². The van der Waals surface area contributed by atoms with E-state index in [0.29, 0.717) is 12.1 Å². The first kappa shape index (κ1) is 16.6. The van der Waals surface area contributed by atoms with Gasteiger partial charge in [-0.1, -0.05) is 30.3 Å². The van der Waals surface area contributed by atoms with Crippen LogP contribution in [0.15, 0.2) is 42.6 Å². The second-order valence-corrected chi connectivity index (χ2v) is 7.32. The van der Waals surface area contributed by atoms with E-state index in [4.69, 9.17) is 0 Å². The number of hydrogen-bond donors (Lipinski definition) is 2. The van der Waals surface area contributed by atoms with Crippen molar-refractivity contribution in [3.05, 3.63) is 48.2 Å². The van der Waals surface area contributed by atoms with Crippen LogP contribution in [0.1, 0.15) is 37.3 Å². The maximum absolute atomic E-state index is 4.59. The molecule has 0 saturated carbocycles. The summed E-state index contributed by atoms with van der Waals surface area (Å²) < 4.78 is 2.22. The molecule has 0 aliphatic carbocycles. The Morgan fingerprint density at radius 2 is 1.76 bits per heavy atom. The number of nitrogens with zero attached hydrogens (tertiary/aromatic N) is 3. The second kappa shape index (κ2) is 8.02. The number of piperidine rings is 2. The quantitative estimate of drug-likeness (QED) is 0.879. The molecule has 0 spiro atoms. The highest BCUT2D eigenvalue weighted by Crippen LogP contribution is 2.24. The van der Waals surface area contributed by atoms with Crippen LogP contribution in [-0.2, 0) is 6.54 Å². The zero-order chi connectivity index (χ0) is 16.9. The van der Waals surface area contributed by atoms with Crippen LogP contribution in [0, 0.1) is 0 Å². The molecule has 0 amide bonds. The van der Waals surface area contributed by atoms with Crippen LogP contribution in [0.2, 0.25) is 0 Å². The molecule has 2 saturated heterocycles. The van der Waals surface area contributed by atoms with Gasteiger partial charge in [0.05, 0.1) is 12.2 Å². The molecule has 4 rings (SSSR count). The molecule has 2 aromatic rings. The van der Waals surface area contributed by atoms with Crippen LogP contribution >= 0.6 is 0 Å². The van der Waals surface area contributed by atoms with Gasteiger partial charge >= 0.3 is 0 Å². The molecule has 5 nitrogen and oxygen atoms in total. The van der Waals surface area contributed by atoms with Crippen molar-refractivity contribution >= 4 is 5.82 Å². The fraction of sp³-hybridized carbons (Fsp3) is 0.550. The van der Waals surface area contributed by atoms with E-state index in [2.05, 4.69) is 61.7 Å². The van der Waals surface area contributed by atoms with Gasteiger partial charge in [0.15, 0.2) is 0 Å². The smallest absolute Gasteiger partial charge is 0.124 e. The van der Waals surface area contributed by atoms with E-state index in [-0.39, 0.29) is 0 Å². The van der Waals surface area contributed by atoms with E-state index in [1.165, 1.54) is 37.1 Å². The standard InChI is InChI=1S/C20H29N5/c1-2-4-17(5-3-1)16-24-14-9-18(10-15-24)23-20-8-13-22-25(20)19-6-11-21-12-7-19/h1-5,8,13,18-19,21,23H,6-7,9-12,14-16H2. The topological polar surface area (TPSA) is 45.1 Å². The minimum absolute atomic E-state index is 0.539. The average Bonchev–Trinajstić information content (AvgIpc) is 3.13. The number of hydrogen-bond acceptors (Lipinski definition) is 4. The first-order valence-corrected chi connectivity index (χ1v) is 9.65. The molecule has 2 N–H and O–H groups in total. The fourth-order valence-corrected chi connectivity index (χ4v) is 4.06. The fourth-order valence-electron chi connectivity index (χ4n) is 4.06. The third-order valence-electron chi connectivity index (χ3n) is 5.51.